The van der Waals surface area contributed by atoms with Crippen LogP contribution in [0.3, 0.4) is 0 Å². The Morgan fingerprint density at radius 3 is 1.61 bits per heavy atom. The topological polar surface area (TPSA) is 76.1 Å². The Labute approximate surface area is 305 Å². The van der Waals surface area contributed by atoms with Gasteiger partial charge in [0.05, 0.1) is 25.2 Å². The number of aliphatic hydroxyl groups is 1. The van der Waals surface area contributed by atoms with Crippen LogP contribution in [0.25, 0.3) is 0 Å². The van der Waals surface area contributed by atoms with Crippen LogP contribution in [0.5, 0.6) is 0 Å². The number of nitrogens with zero attached hydrogens (tertiary/aromatic N) is 1. The van der Waals surface area contributed by atoms with Crippen molar-refractivity contribution in [3.63, 3.8) is 0 Å². The summed E-state index contributed by atoms with van der Waals surface area (Å²) in [6.07, 6.45) is 32.8. The molecule has 0 heterocycles. The number of carbonyl (C=O) groups is 2. The predicted octanol–water partition coefficient (Wildman–Crippen LogP) is 12.0. The van der Waals surface area contributed by atoms with Crippen molar-refractivity contribution in [2.75, 3.05) is 39.5 Å². The summed E-state index contributed by atoms with van der Waals surface area (Å²) in [7, 11) is 0. The monoisotopic (exact) mass is 696 g/mol. The molecule has 49 heavy (non-hydrogen) atoms. The van der Waals surface area contributed by atoms with E-state index in [0.717, 1.165) is 89.6 Å². The van der Waals surface area contributed by atoms with E-state index in [1.807, 2.05) is 13.8 Å². The molecule has 292 valence electrons. The fourth-order valence-electron chi connectivity index (χ4n) is 6.82. The van der Waals surface area contributed by atoms with Crippen molar-refractivity contribution < 1.29 is 24.2 Å². The van der Waals surface area contributed by atoms with E-state index in [-0.39, 0.29) is 18.5 Å². The fourth-order valence-corrected chi connectivity index (χ4v) is 6.82. The van der Waals surface area contributed by atoms with E-state index in [0.29, 0.717) is 26.2 Å². The van der Waals surface area contributed by atoms with Gasteiger partial charge in [-0.05, 0) is 77.8 Å². The van der Waals surface area contributed by atoms with Crippen LogP contribution in [0.15, 0.2) is 0 Å². The zero-order valence-electron chi connectivity index (χ0n) is 33.6. The highest BCUT2D eigenvalue weighted by Gasteiger charge is 2.28. The van der Waals surface area contributed by atoms with Gasteiger partial charge < -0.3 is 19.5 Å². The summed E-state index contributed by atoms with van der Waals surface area (Å²) in [5.74, 6) is 0.692. The minimum Gasteiger partial charge on any atom is -0.466 e. The second-order valence-electron chi connectivity index (χ2n) is 15.6. The Bertz CT molecular complexity index is 717. The Hall–Kier alpha value is -1.14. The third-order valence-electron chi connectivity index (χ3n) is 10.3. The molecular weight excluding hydrogens is 610 g/mol. The van der Waals surface area contributed by atoms with Crippen LogP contribution in [0.2, 0.25) is 0 Å². The molecule has 0 aliphatic heterocycles. The highest BCUT2D eigenvalue weighted by atomic mass is 16.5. The molecule has 0 atom stereocenters. The maximum absolute atomic E-state index is 12.8. The number of hydrogen-bond acceptors (Lipinski definition) is 6. The number of ether oxygens (including phenoxy) is 2. The van der Waals surface area contributed by atoms with E-state index in [2.05, 4.69) is 25.7 Å². The lowest BCUT2D eigenvalue weighted by Gasteiger charge is -2.23. The van der Waals surface area contributed by atoms with Gasteiger partial charge in [-0.25, -0.2) is 0 Å². The first-order valence-corrected chi connectivity index (χ1v) is 21.5. The van der Waals surface area contributed by atoms with Crippen molar-refractivity contribution in [2.45, 2.75) is 214 Å². The van der Waals surface area contributed by atoms with Gasteiger partial charge in [-0.3, -0.25) is 9.59 Å². The quantitative estimate of drug-likeness (QED) is 0.0512. The smallest absolute Gasteiger partial charge is 0.311 e. The number of aliphatic hydroxyl groups excluding tert-OH is 1. The van der Waals surface area contributed by atoms with Gasteiger partial charge in [0.15, 0.2) is 0 Å². The molecule has 0 aliphatic rings. The molecule has 0 bridgehead atoms. The van der Waals surface area contributed by atoms with E-state index >= 15 is 0 Å². The van der Waals surface area contributed by atoms with Gasteiger partial charge in [-0.1, -0.05) is 149 Å². The fraction of sp³-hybridized carbons (Fsp3) is 0.953. The number of unbranched alkanes of at least 4 members (excludes halogenated alkanes) is 17. The zero-order chi connectivity index (χ0) is 36.3. The number of hydrogen-bond donors (Lipinski definition) is 1. The zero-order valence-corrected chi connectivity index (χ0v) is 33.6. The minimum absolute atomic E-state index is 0.0396. The van der Waals surface area contributed by atoms with Gasteiger partial charge in [0, 0.05) is 13.0 Å². The summed E-state index contributed by atoms with van der Waals surface area (Å²) in [5.41, 5.74) is -0.426. The Balaban J connectivity index is 3.96. The van der Waals surface area contributed by atoms with Crippen LogP contribution in [0, 0.1) is 11.3 Å². The molecular formula is C43H85NO5. The third-order valence-corrected chi connectivity index (χ3v) is 10.3. The molecule has 6 heteroatoms. The first kappa shape index (κ1) is 47.9. The van der Waals surface area contributed by atoms with E-state index in [9.17, 15) is 14.7 Å². The number of esters is 2. The summed E-state index contributed by atoms with van der Waals surface area (Å²) in [4.78, 5) is 27.3. The molecule has 1 N–H and O–H groups in total. The van der Waals surface area contributed by atoms with Gasteiger partial charge in [0.2, 0.25) is 0 Å². The van der Waals surface area contributed by atoms with Crippen molar-refractivity contribution in [3.8, 4) is 0 Å². The molecule has 0 saturated heterocycles. The van der Waals surface area contributed by atoms with Crippen LogP contribution in [0.4, 0.5) is 0 Å². The molecule has 0 fully saturated rings. The normalized spacial score (nSPS) is 11.9. The number of carbonyl (C=O) groups excluding carboxylic acids is 2. The second kappa shape index (κ2) is 35.3. The van der Waals surface area contributed by atoms with Gasteiger partial charge in [-0.15, -0.1) is 0 Å². The van der Waals surface area contributed by atoms with Crippen molar-refractivity contribution >= 4 is 11.9 Å². The summed E-state index contributed by atoms with van der Waals surface area (Å²) in [6.45, 7) is 14.8. The highest BCUT2D eigenvalue weighted by molar-refractivity contribution is 5.75. The third kappa shape index (κ3) is 31.3. The second-order valence-corrected chi connectivity index (χ2v) is 15.6. The average molecular weight is 696 g/mol. The summed E-state index contributed by atoms with van der Waals surface area (Å²) < 4.78 is 11.2. The first-order valence-electron chi connectivity index (χ1n) is 21.5. The van der Waals surface area contributed by atoms with E-state index in [4.69, 9.17) is 9.47 Å². The molecule has 0 rings (SSSR count). The summed E-state index contributed by atoms with van der Waals surface area (Å²) >= 11 is 0. The lowest BCUT2D eigenvalue weighted by Crippen LogP contribution is -2.29. The molecule has 0 saturated carbocycles. The minimum atomic E-state index is -0.426. The predicted molar refractivity (Wildman–Crippen MR) is 209 cm³/mol. The maximum atomic E-state index is 12.8. The Morgan fingerprint density at radius 1 is 0.551 bits per heavy atom. The van der Waals surface area contributed by atoms with Crippen molar-refractivity contribution in [1.82, 2.24) is 4.90 Å². The molecule has 0 aromatic heterocycles. The number of rotatable bonds is 38. The van der Waals surface area contributed by atoms with Crippen molar-refractivity contribution in [3.05, 3.63) is 0 Å². The van der Waals surface area contributed by atoms with Crippen LogP contribution in [0.1, 0.15) is 214 Å². The van der Waals surface area contributed by atoms with Crippen LogP contribution >= 0.6 is 0 Å². The van der Waals surface area contributed by atoms with E-state index in [1.165, 1.54) is 103 Å². The van der Waals surface area contributed by atoms with Crippen molar-refractivity contribution in [1.29, 1.82) is 0 Å². The Kier molecular flexibility index (Phi) is 34.5. The van der Waals surface area contributed by atoms with Gasteiger partial charge in [-0.2, -0.15) is 0 Å². The van der Waals surface area contributed by atoms with Crippen LogP contribution in [-0.4, -0.2) is 61.4 Å². The highest BCUT2D eigenvalue weighted by Crippen LogP contribution is 2.27. The van der Waals surface area contributed by atoms with Gasteiger partial charge in [0.1, 0.15) is 0 Å². The maximum Gasteiger partial charge on any atom is 0.311 e. The molecule has 6 nitrogen and oxygen atoms in total. The van der Waals surface area contributed by atoms with E-state index < -0.39 is 5.41 Å². The molecule has 0 aliphatic carbocycles. The molecule has 0 amide bonds. The van der Waals surface area contributed by atoms with Gasteiger partial charge in [0.25, 0.3) is 0 Å². The average Bonchev–Trinajstić information content (AvgIpc) is 3.08. The Morgan fingerprint density at radius 2 is 1.02 bits per heavy atom. The molecule has 0 unspecified atom stereocenters. The standard InChI is InChI=1S/C43H85NO5/c1-6-9-12-13-14-15-16-19-27-38-48-41(46)32-23-20-26-35-44(36-37-45)34-25-18-17-24-33-43(4,5)42(47)49-39-28-31-40(29-21-10-7-2)30-22-11-8-3/h40,45H,6-39H2,1-5H3. The lowest BCUT2D eigenvalue weighted by atomic mass is 9.87. The molecule has 0 radical (unpaired) electrons. The molecule has 0 spiro atoms. The van der Waals surface area contributed by atoms with Gasteiger partial charge >= 0.3 is 11.9 Å². The lowest BCUT2D eigenvalue weighted by molar-refractivity contribution is -0.154. The van der Waals surface area contributed by atoms with E-state index in [1.54, 1.807) is 0 Å². The SMILES string of the molecule is CCCCCCCCCCCOC(=O)CCCCCN(CCO)CCCCCCC(C)(C)C(=O)OCCCC(CCCCC)CCCCC. The van der Waals surface area contributed by atoms with Crippen LogP contribution < -0.4 is 0 Å². The molecule has 0 aromatic carbocycles. The summed E-state index contributed by atoms with van der Waals surface area (Å²) in [5, 5.41) is 9.53. The first-order chi connectivity index (χ1) is 23.8. The molecule has 0 aromatic rings. The largest absolute Gasteiger partial charge is 0.466 e. The van der Waals surface area contributed by atoms with Crippen LogP contribution in [-0.2, 0) is 19.1 Å². The van der Waals surface area contributed by atoms with Crippen molar-refractivity contribution in [2.24, 2.45) is 11.3 Å². The summed E-state index contributed by atoms with van der Waals surface area (Å²) in [6, 6.07) is 0.